The van der Waals surface area contributed by atoms with Crippen LogP contribution in [0.4, 0.5) is 5.69 Å². The van der Waals surface area contributed by atoms with Crippen LogP contribution >= 0.6 is 11.6 Å². The van der Waals surface area contributed by atoms with Crippen molar-refractivity contribution in [3.05, 3.63) is 64.2 Å². The van der Waals surface area contributed by atoms with Gasteiger partial charge >= 0.3 is 5.97 Å². The van der Waals surface area contributed by atoms with Crippen LogP contribution in [0.2, 0.25) is 5.02 Å². The van der Waals surface area contributed by atoms with Crippen LogP contribution in [0.1, 0.15) is 21.5 Å². The molecule has 2 aromatic rings. The predicted octanol–water partition coefficient (Wildman–Crippen LogP) is 3.32. The largest absolute Gasteiger partial charge is 0.452 e. The number of aryl methyl sites for hydroxylation is 1. The van der Waals surface area contributed by atoms with Crippen molar-refractivity contribution < 1.29 is 14.3 Å². The van der Waals surface area contributed by atoms with E-state index in [-0.39, 0.29) is 5.02 Å². The van der Waals surface area contributed by atoms with E-state index in [1.165, 1.54) is 12.1 Å². The summed E-state index contributed by atoms with van der Waals surface area (Å²) in [6.45, 7) is 1.50. The fraction of sp³-hybridized carbons (Fsp3) is 0.118. The van der Waals surface area contributed by atoms with Gasteiger partial charge in [-0.1, -0.05) is 29.3 Å². The second-order valence-corrected chi connectivity index (χ2v) is 5.20. The molecule has 0 aliphatic carbocycles. The Morgan fingerprint density at radius 1 is 1.22 bits per heavy atom. The van der Waals surface area contributed by atoms with Crippen molar-refractivity contribution in [2.45, 2.75) is 6.92 Å². The Hall–Kier alpha value is -2.84. The summed E-state index contributed by atoms with van der Waals surface area (Å²) >= 11 is 5.87. The monoisotopic (exact) mass is 328 g/mol. The highest BCUT2D eigenvalue weighted by atomic mass is 35.5. The molecular formula is C17H13ClN2O3. The van der Waals surface area contributed by atoms with Gasteiger partial charge in [0.05, 0.1) is 16.1 Å². The molecule has 1 N–H and O–H groups in total. The van der Waals surface area contributed by atoms with E-state index in [1.54, 1.807) is 30.3 Å². The van der Waals surface area contributed by atoms with Crippen molar-refractivity contribution in [2.75, 3.05) is 11.9 Å². The van der Waals surface area contributed by atoms with Crippen LogP contribution in [0.5, 0.6) is 0 Å². The Morgan fingerprint density at radius 2 is 1.91 bits per heavy atom. The molecular weight excluding hydrogens is 316 g/mol. The second-order valence-electron chi connectivity index (χ2n) is 4.80. The van der Waals surface area contributed by atoms with Crippen LogP contribution < -0.4 is 5.32 Å². The van der Waals surface area contributed by atoms with Gasteiger partial charge in [-0.25, -0.2) is 4.79 Å². The van der Waals surface area contributed by atoms with Gasteiger partial charge in [0, 0.05) is 5.69 Å². The van der Waals surface area contributed by atoms with Crippen molar-refractivity contribution in [1.82, 2.24) is 0 Å². The average molecular weight is 329 g/mol. The van der Waals surface area contributed by atoms with E-state index in [2.05, 4.69) is 5.32 Å². The third kappa shape index (κ3) is 4.56. The molecule has 0 heterocycles. The standard InChI is InChI=1S/C17H13ClN2O3/c1-11-2-4-12(5-3-11)17(22)23-10-16(21)20-14-7-6-13(9-19)15(18)8-14/h2-8H,10H2,1H3,(H,20,21). The molecule has 116 valence electrons. The van der Waals surface area contributed by atoms with E-state index < -0.39 is 18.5 Å². The number of ether oxygens (including phenoxy) is 1. The van der Waals surface area contributed by atoms with Gasteiger partial charge in [-0.15, -0.1) is 0 Å². The second kappa shape index (κ2) is 7.43. The summed E-state index contributed by atoms with van der Waals surface area (Å²) in [4.78, 5) is 23.6. The van der Waals surface area contributed by atoms with Crippen LogP contribution in [0, 0.1) is 18.3 Å². The number of anilines is 1. The molecule has 0 aromatic heterocycles. The fourth-order valence-electron chi connectivity index (χ4n) is 1.78. The summed E-state index contributed by atoms with van der Waals surface area (Å²) in [5.41, 5.74) is 2.14. The first-order valence-corrected chi connectivity index (χ1v) is 7.10. The first kappa shape index (κ1) is 16.5. The molecule has 0 radical (unpaired) electrons. The van der Waals surface area contributed by atoms with Crippen LogP contribution in [0.15, 0.2) is 42.5 Å². The van der Waals surface area contributed by atoms with Crippen LogP contribution in [-0.4, -0.2) is 18.5 Å². The number of esters is 1. The summed E-state index contributed by atoms with van der Waals surface area (Å²) in [6, 6.07) is 13.3. The van der Waals surface area contributed by atoms with E-state index in [9.17, 15) is 9.59 Å². The van der Waals surface area contributed by atoms with Crippen molar-refractivity contribution >= 4 is 29.2 Å². The fourth-order valence-corrected chi connectivity index (χ4v) is 2.01. The maximum absolute atomic E-state index is 11.8. The normalized spacial score (nSPS) is 9.78. The molecule has 5 nitrogen and oxygen atoms in total. The third-order valence-corrected chi connectivity index (χ3v) is 3.31. The third-order valence-electron chi connectivity index (χ3n) is 2.99. The van der Waals surface area contributed by atoms with Crippen molar-refractivity contribution in [1.29, 1.82) is 5.26 Å². The van der Waals surface area contributed by atoms with Crippen LogP contribution in [0.25, 0.3) is 0 Å². The maximum Gasteiger partial charge on any atom is 0.338 e. The van der Waals surface area contributed by atoms with Gasteiger partial charge in [0.2, 0.25) is 0 Å². The van der Waals surface area contributed by atoms with Crippen molar-refractivity contribution in [2.24, 2.45) is 0 Å². The van der Waals surface area contributed by atoms with E-state index in [0.29, 0.717) is 16.8 Å². The molecule has 0 unspecified atom stereocenters. The molecule has 2 aromatic carbocycles. The number of carbonyl (C=O) groups excluding carboxylic acids is 2. The lowest BCUT2D eigenvalue weighted by Gasteiger charge is -2.07. The maximum atomic E-state index is 11.8. The minimum absolute atomic E-state index is 0.238. The Morgan fingerprint density at radius 3 is 2.52 bits per heavy atom. The highest BCUT2D eigenvalue weighted by Crippen LogP contribution is 2.20. The van der Waals surface area contributed by atoms with Crippen LogP contribution in [-0.2, 0) is 9.53 Å². The van der Waals surface area contributed by atoms with Crippen molar-refractivity contribution in [3.63, 3.8) is 0 Å². The number of halogens is 1. The Labute approximate surface area is 138 Å². The summed E-state index contributed by atoms with van der Waals surface area (Å²) in [5.74, 6) is -1.07. The molecule has 0 aliphatic rings. The number of benzene rings is 2. The summed E-state index contributed by atoms with van der Waals surface area (Å²) in [7, 11) is 0. The van der Waals surface area contributed by atoms with E-state index >= 15 is 0 Å². The van der Waals surface area contributed by atoms with Gasteiger partial charge in [0.25, 0.3) is 5.91 Å². The lowest BCUT2D eigenvalue weighted by molar-refractivity contribution is -0.119. The summed E-state index contributed by atoms with van der Waals surface area (Å²) in [6.07, 6.45) is 0. The van der Waals surface area contributed by atoms with Gasteiger partial charge in [-0.3, -0.25) is 4.79 Å². The lowest BCUT2D eigenvalue weighted by atomic mass is 10.1. The summed E-state index contributed by atoms with van der Waals surface area (Å²) < 4.78 is 4.94. The SMILES string of the molecule is Cc1ccc(C(=O)OCC(=O)Nc2ccc(C#N)c(Cl)c2)cc1. The minimum Gasteiger partial charge on any atom is -0.452 e. The molecule has 2 rings (SSSR count). The number of carbonyl (C=O) groups is 2. The number of hydrogen-bond donors (Lipinski definition) is 1. The Bertz CT molecular complexity index is 779. The molecule has 0 atom stereocenters. The first-order chi connectivity index (χ1) is 11.0. The molecule has 0 aliphatic heterocycles. The molecule has 0 saturated carbocycles. The predicted molar refractivity (Wildman–Crippen MR) is 86.3 cm³/mol. The zero-order chi connectivity index (χ0) is 16.8. The van der Waals surface area contributed by atoms with Gasteiger partial charge in [-0.2, -0.15) is 5.26 Å². The zero-order valence-electron chi connectivity index (χ0n) is 12.3. The van der Waals surface area contributed by atoms with E-state index in [4.69, 9.17) is 21.6 Å². The molecule has 0 fully saturated rings. The number of nitriles is 1. The average Bonchev–Trinajstić information content (AvgIpc) is 2.53. The highest BCUT2D eigenvalue weighted by Gasteiger charge is 2.11. The molecule has 0 bridgehead atoms. The Kier molecular flexibility index (Phi) is 5.34. The molecule has 6 heteroatoms. The smallest absolute Gasteiger partial charge is 0.338 e. The molecule has 0 spiro atoms. The number of nitrogens with zero attached hydrogens (tertiary/aromatic N) is 1. The number of hydrogen-bond acceptors (Lipinski definition) is 4. The van der Waals surface area contributed by atoms with Gasteiger partial charge < -0.3 is 10.1 Å². The van der Waals surface area contributed by atoms with E-state index in [1.807, 2.05) is 13.0 Å². The lowest BCUT2D eigenvalue weighted by Crippen LogP contribution is -2.20. The molecule has 1 amide bonds. The number of nitrogens with one attached hydrogen (secondary N) is 1. The quantitative estimate of drug-likeness (QED) is 0.873. The minimum atomic E-state index is -0.571. The Balaban J connectivity index is 1.90. The molecule has 0 saturated heterocycles. The first-order valence-electron chi connectivity index (χ1n) is 6.73. The topological polar surface area (TPSA) is 79.2 Å². The highest BCUT2D eigenvalue weighted by molar-refractivity contribution is 6.32. The van der Waals surface area contributed by atoms with Gasteiger partial charge in [0.1, 0.15) is 6.07 Å². The van der Waals surface area contributed by atoms with E-state index in [0.717, 1.165) is 5.56 Å². The summed E-state index contributed by atoms with van der Waals surface area (Å²) in [5, 5.41) is 11.6. The number of rotatable bonds is 4. The van der Waals surface area contributed by atoms with Gasteiger partial charge in [0.15, 0.2) is 6.61 Å². The molecule has 23 heavy (non-hydrogen) atoms. The number of amides is 1. The van der Waals surface area contributed by atoms with Crippen molar-refractivity contribution in [3.8, 4) is 6.07 Å². The van der Waals surface area contributed by atoms with Gasteiger partial charge in [-0.05, 0) is 37.3 Å². The zero-order valence-corrected chi connectivity index (χ0v) is 13.1. The van der Waals surface area contributed by atoms with Crippen LogP contribution in [0.3, 0.4) is 0 Å².